The molecule has 2 atom stereocenters. The number of benzene rings is 1. The average molecular weight is 317 g/mol. The number of amides is 1. The molecule has 124 valence electrons. The number of carbonyl (C=O) groups is 2. The summed E-state index contributed by atoms with van der Waals surface area (Å²) in [5, 5.41) is 0. The van der Waals surface area contributed by atoms with Gasteiger partial charge in [0.2, 0.25) is 0 Å². The molecular formula is C18H23NO4. The van der Waals surface area contributed by atoms with Crippen molar-refractivity contribution in [2.45, 2.75) is 45.3 Å². The van der Waals surface area contributed by atoms with Crippen LogP contribution in [0.2, 0.25) is 0 Å². The second kappa shape index (κ2) is 5.87. The molecule has 5 heteroatoms. The third kappa shape index (κ3) is 3.19. The fraction of sp³-hybridized carbons (Fsp3) is 0.556. The summed E-state index contributed by atoms with van der Waals surface area (Å²) in [5.41, 5.74) is 0.0731. The third-order valence-corrected chi connectivity index (χ3v) is 4.30. The zero-order chi connectivity index (χ0) is 16.6. The van der Waals surface area contributed by atoms with E-state index in [9.17, 15) is 9.59 Å². The molecule has 0 radical (unpaired) electrons. The van der Waals surface area contributed by atoms with Crippen molar-refractivity contribution in [3.8, 4) is 5.75 Å². The minimum atomic E-state index is -0.538. The van der Waals surface area contributed by atoms with E-state index in [4.69, 9.17) is 9.47 Å². The molecule has 0 aromatic heterocycles. The number of Topliss-reactive ketones (excluding diaryl/α,β-unsaturated/α-hetero) is 1. The van der Waals surface area contributed by atoms with Gasteiger partial charge in [-0.2, -0.15) is 0 Å². The summed E-state index contributed by atoms with van der Waals surface area (Å²) < 4.78 is 11.2. The van der Waals surface area contributed by atoms with Crippen molar-refractivity contribution in [2.75, 3.05) is 13.2 Å². The molecule has 23 heavy (non-hydrogen) atoms. The maximum atomic E-state index is 12.8. The Morgan fingerprint density at radius 3 is 2.78 bits per heavy atom. The van der Waals surface area contributed by atoms with Gasteiger partial charge in [-0.25, -0.2) is 4.79 Å². The van der Waals surface area contributed by atoms with Crippen LogP contribution in [0.25, 0.3) is 0 Å². The van der Waals surface area contributed by atoms with Crippen molar-refractivity contribution >= 4 is 11.9 Å². The summed E-state index contributed by atoms with van der Waals surface area (Å²) in [6.07, 6.45) is 1.35. The fourth-order valence-electron chi connectivity index (χ4n) is 3.29. The van der Waals surface area contributed by atoms with E-state index in [0.717, 1.165) is 12.8 Å². The number of carbonyl (C=O) groups excluding carboxylic acids is 2. The monoisotopic (exact) mass is 317 g/mol. The van der Waals surface area contributed by atoms with Crippen molar-refractivity contribution in [1.82, 2.24) is 4.90 Å². The van der Waals surface area contributed by atoms with Crippen molar-refractivity contribution in [3.05, 3.63) is 29.8 Å². The van der Waals surface area contributed by atoms with Gasteiger partial charge in [0.05, 0.1) is 11.5 Å². The van der Waals surface area contributed by atoms with Crippen LogP contribution in [0.3, 0.4) is 0 Å². The Balaban J connectivity index is 1.79. The highest BCUT2D eigenvalue weighted by molar-refractivity contribution is 6.01. The lowest BCUT2D eigenvalue weighted by Gasteiger charge is -2.34. The van der Waals surface area contributed by atoms with Crippen LogP contribution in [0.15, 0.2) is 24.3 Å². The van der Waals surface area contributed by atoms with Gasteiger partial charge in [-0.05, 0) is 45.7 Å². The van der Waals surface area contributed by atoms with Crippen molar-refractivity contribution in [2.24, 2.45) is 5.92 Å². The fourth-order valence-corrected chi connectivity index (χ4v) is 3.29. The van der Waals surface area contributed by atoms with Crippen LogP contribution in [-0.4, -0.2) is 41.6 Å². The highest BCUT2D eigenvalue weighted by Gasteiger charge is 2.42. The molecule has 1 aromatic rings. The zero-order valence-corrected chi connectivity index (χ0v) is 13.9. The van der Waals surface area contributed by atoms with Gasteiger partial charge in [-0.1, -0.05) is 12.1 Å². The van der Waals surface area contributed by atoms with Crippen LogP contribution in [-0.2, 0) is 4.74 Å². The van der Waals surface area contributed by atoms with E-state index in [-0.39, 0.29) is 23.8 Å². The molecule has 3 rings (SSSR count). The van der Waals surface area contributed by atoms with E-state index in [1.54, 1.807) is 11.0 Å². The molecular weight excluding hydrogens is 294 g/mol. The number of hydrogen-bond donors (Lipinski definition) is 0. The standard InChI is InChI=1S/C18H23NO4/c1-18(2,3)23-17(21)19-10-6-8-14(19)13-11-22-15-9-5-4-7-12(15)16(13)20/h4-5,7,9,13-14H,6,8,10-11H2,1-3H3/t13-,14-/m0/s1. The molecule has 1 fully saturated rings. The van der Waals surface area contributed by atoms with E-state index in [1.807, 2.05) is 39.0 Å². The molecule has 0 spiro atoms. The largest absolute Gasteiger partial charge is 0.492 e. The second-order valence-electron chi connectivity index (χ2n) is 7.16. The van der Waals surface area contributed by atoms with Crippen LogP contribution in [0.5, 0.6) is 5.75 Å². The van der Waals surface area contributed by atoms with Crippen molar-refractivity contribution in [1.29, 1.82) is 0 Å². The summed E-state index contributed by atoms with van der Waals surface area (Å²) in [6, 6.07) is 7.14. The van der Waals surface area contributed by atoms with E-state index < -0.39 is 5.60 Å². The summed E-state index contributed by atoms with van der Waals surface area (Å²) >= 11 is 0. The first-order valence-corrected chi connectivity index (χ1v) is 8.12. The molecule has 0 unspecified atom stereocenters. The number of para-hydroxylation sites is 1. The maximum Gasteiger partial charge on any atom is 0.410 e. The normalized spacial score (nSPS) is 24.1. The maximum absolute atomic E-state index is 12.8. The van der Waals surface area contributed by atoms with Gasteiger partial charge in [0.15, 0.2) is 5.78 Å². The number of ether oxygens (including phenoxy) is 2. The highest BCUT2D eigenvalue weighted by Crippen LogP contribution is 2.34. The van der Waals surface area contributed by atoms with Gasteiger partial charge in [-0.3, -0.25) is 4.79 Å². The van der Waals surface area contributed by atoms with Gasteiger partial charge in [0, 0.05) is 12.6 Å². The average Bonchev–Trinajstić information content (AvgIpc) is 2.95. The molecule has 1 aromatic carbocycles. The second-order valence-corrected chi connectivity index (χ2v) is 7.16. The Labute approximate surface area is 136 Å². The van der Waals surface area contributed by atoms with E-state index >= 15 is 0 Å². The van der Waals surface area contributed by atoms with E-state index in [0.29, 0.717) is 24.5 Å². The first kappa shape index (κ1) is 15.8. The number of likely N-dealkylation sites (tertiary alicyclic amines) is 1. The third-order valence-electron chi connectivity index (χ3n) is 4.30. The van der Waals surface area contributed by atoms with Gasteiger partial charge in [0.25, 0.3) is 0 Å². The van der Waals surface area contributed by atoms with Crippen LogP contribution < -0.4 is 4.74 Å². The topological polar surface area (TPSA) is 55.8 Å². The SMILES string of the molecule is CC(C)(C)OC(=O)N1CCC[C@H]1[C@@H]1COc2ccccc2C1=O. The molecule has 2 aliphatic heterocycles. The molecule has 1 amide bonds. The zero-order valence-electron chi connectivity index (χ0n) is 13.9. The lowest BCUT2D eigenvalue weighted by molar-refractivity contribution is 0.0150. The van der Waals surface area contributed by atoms with Gasteiger partial charge >= 0.3 is 6.09 Å². The lowest BCUT2D eigenvalue weighted by Crippen LogP contribution is -2.48. The Hall–Kier alpha value is -2.04. The minimum absolute atomic E-state index is 0.0623. The highest BCUT2D eigenvalue weighted by atomic mass is 16.6. The number of nitrogens with zero attached hydrogens (tertiary/aromatic N) is 1. The molecule has 2 heterocycles. The molecule has 2 aliphatic rings. The molecule has 0 bridgehead atoms. The first-order chi connectivity index (χ1) is 10.9. The van der Waals surface area contributed by atoms with Crippen LogP contribution in [0.1, 0.15) is 44.0 Å². The van der Waals surface area contributed by atoms with Crippen molar-refractivity contribution < 1.29 is 19.1 Å². The Morgan fingerprint density at radius 1 is 1.30 bits per heavy atom. The van der Waals surface area contributed by atoms with Crippen LogP contribution in [0.4, 0.5) is 4.79 Å². The minimum Gasteiger partial charge on any atom is -0.492 e. The molecule has 5 nitrogen and oxygen atoms in total. The number of rotatable bonds is 1. The van der Waals surface area contributed by atoms with Gasteiger partial charge in [-0.15, -0.1) is 0 Å². The van der Waals surface area contributed by atoms with Crippen LogP contribution in [0, 0.1) is 5.92 Å². The van der Waals surface area contributed by atoms with Crippen LogP contribution >= 0.6 is 0 Å². The quantitative estimate of drug-likeness (QED) is 0.797. The Bertz CT molecular complexity index is 620. The molecule has 0 aliphatic carbocycles. The Morgan fingerprint density at radius 2 is 2.04 bits per heavy atom. The number of hydrogen-bond acceptors (Lipinski definition) is 4. The van der Waals surface area contributed by atoms with Gasteiger partial charge < -0.3 is 14.4 Å². The summed E-state index contributed by atoms with van der Waals surface area (Å²) in [4.78, 5) is 26.9. The van der Waals surface area contributed by atoms with E-state index in [2.05, 4.69) is 0 Å². The van der Waals surface area contributed by atoms with Crippen molar-refractivity contribution in [3.63, 3.8) is 0 Å². The smallest absolute Gasteiger partial charge is 0.410 e. The predicted molar refractivity (Wildman–Crippen MR) is 85.7 cm³/mol. The predicted octanol–water partition coefficient (Wildman–Crippen LogP) is 3.28. The summed E-state index contributed by atoms with van der Waals surface area (Å²) in [7, 11) is 0. The lowest BCUT2D eigenvalue weighted by atomic mass is 9.88. The number of ketones is 1. The summed E-state index contributed by atoms with van der Waals surface area (Å²) in [6.45, 7) is 6.49. The van der Waals surface area contributed by atoms with E-state index in [1.165, 1.54) is 0 Å². The Kier molecular flexibility index (Phi) is 4.04. The first-order valence-electron chi connectivity index (χ1n) is 8.12. The van der Waals surface area contributed by atoms with Gasteiger partial charge in [0.1, 0.15) is 18.0 Å². The summed E-state index contributed by atoms with van der Waals surface area (Å²) in [5.74, 6) is 0.378. The number of fused-ring (bicyclic) bond motifs is 1. The molecule has 0 saturated carbocycles. The molecule has 1 saturated heterocycles. The molecule has 0 N–H and O–H groups in total.